The molecule has 0 aliphatic carbocycles. The highest BCUT2D eigenvalue weighted by Gasteiger charge is 2.04. The van der Waals surface area contributed by atoms with Crippen molar-refractivity contribution in [2.24, 2.45) is 5.10 Å². The number of esters is 1. The normalized spacial score (nSPS) is 10.8. The van der Waals surface area contributed by atoms with Gasteiger partial charge in [-0.2, -0.15) is 5.10 Å². The lowest BCUT2D eigenvalue weighted by atomic mass is 10.3. The third-order valence-corrected chi connectivity index (χ3v) is 1.20. The van der Waals surface area contributed by atoms with Crippen molar-refractivity contribution in [1.82, 2.24) is 5.01 Å². The van der Waals surface area contributed by atoms with E-state index in [1.54, 1.807) is 27.1 Å². The lowest BCUT2D eigenvalue weighted by molar-refractivity contribution is -0.138. The summed E-state index contributed by atoms with van der Waals surface area (Å²) in [6, 6.07) is 0. The zero-order valence-electron chi connectivity index (χ0n) is 7.70. The second-order valence-corrected chi connectivity index (χ2v) is 2.25. The molecule has 0 spiro atoms. The molecule has 0 amide bonds. The van der Waals surface area contributed by atoms with E-state index >= 15 is 0 Å². The standard InChI is InChI=1S/C8H14N2O2/c1-5-12-8(11)7(2)6-10(4)9-3/h6H,3,5H2,1-2,4H3/b7-6+. The van der Waals surface area contributed by atoms with Gasteiger partial charge >= 0.3 is 5.97 Å². The maximum absolute atomic E-state index is 11.0. The molecule has 68 valence electrons. The van der Waals surface area contributed by atoms with Crippen molar-refractivity contribution in [3.8, 4) is 0 Å². The molecule has 0 aliphatic rings. The van der Waals surface area contributed by atoms with Crippen LogP contribution >= 0.6 is 0 Å². The SMILES string of the molecule is C=NN(C)/C=C(\C)C(=O)OCC. The third kappa shape index (κ3) is 3.75. The summed E-state index contributed by atoms with van der Waals surface area (Å²) < 4.78 is 4.75. The van der Waals surface area contributed by atoms with Crippen molar-refractivity contribution in [1.29, 1.82) is 0 Å². The molecule has 0 N–H and O–H groups in total. The van der Waals surface area contributed by atoms with Crippen molar-refractivity contribution in [3.05, 3.63) is 11.8 Å². The summed E-state index contributed by atoms with van der Waals surface area (Å²) in [6.45, 7) is 7.11. The van der Waals surface area contributed by atoms with Gasteiger partial charge in [-0.15, -0.1) is 0 Å². The first-order valence-electron chi connectivity index (χ1n) is 3.66. The van der Waals surface area contributed by atoms with E-state index in [0.29, 0.717) is 12.2 Å². The van der Waals surface area contributed by atoms with Crippen molar-refractivity contribution < 1.29 is 9.53 Å². The highest BCUT2D eigenvalue weighted by molar-refractivity contribution is 5.87. The molecular formula is C8H14N2O2. The van der Waals surface area contributed by atoms with Crippen LogP contribution in [0.1, 0.15) is 13.8 Å². The van der Waals surface area contributed by atoms with E-state index in [4.69, 9.17) is 4.74 Å². The quantitative estimate of drug-likeness (QED) is 0.273. The van der Waals surface area contributed by atoms with Crippen LogP contribution in [0, 0.1) is 0 Å². The fourth-order valence-electron chi connectivity index (χ4n) is 0.619. The summed E-state index contributed by atoms with van der Waals surface area (Å²) in [5.74, 6) is -0.326. The molecule has 0 fully saturated rings. The molecule has 0 rings (SSSR count). The summed E-state index contributed by atoms with van der Waals surface area (Å²) in [7, 11) is 1.69. The maximum atomic E-state index is 11.0. The predicted molar refractivity (Wildman–Crippen MR) is 47.7 cm³/mol. The van der Waals surface area contributed by atoms with Gasteiger partial charge in [-0.05, 0) is 13.8 Å². The second-order valence-electron chi connectivity index (χ2n) is 2.25. The van der Waals surface area contributed by atoms with Crippen LogP contribution in [0.25, 0.3) is 0 Å². The molecule has 4 heteroatoms. The van der Waals surface area contributed by atoms with E-state index in [-0.39, 0.29) is 5.97 Å². The van der Waals surface area contributed by atoms with Crippen LogP contribution in [0.15, 0.2) is 16.9 Å². The number of carbonyl (C=O) groups is 1. The molecule has 0 radical (unpaired) electrons. The number of carbonyl (C=O) groups excluding carboxylic acids is 1. The number of hydrogen-bond acceptors (Lipinski definition) is 4. The Hall–Kier alpha value is -1.32. The Kier molecular flexibility index (Phi) is 4.76. The zero-order chi connectivity index (χ0) is 9.56. The molecule has 0 heterocycles. The van der Waals surface area contributed by atoms with E-state index < -0.39 is 0 Å². The maximum Gasteiger partial charge on any atom is 0.335 e. The van der Waals surface area contributed by atoms with Crippen LogP contribution in [-0.4, -0.2) is 31.4 Å². The molecule has 0 aliphatic heterocycles. The van der Waals surface area contributed by atoms with Gasteiger partial charge in [-0.1, -0.05) is 0 Å². The molecule has 0 aromatic heterocycles. The van der Waals surface area contributed by atoms with E-state index in [1.807, 2.05) is 0 Å². The molecule has 0 saturated heterocycles. The van der Waals surface area contributed by atoms with Gasteiger partial charge < -0.3 is 4.74 Å². The lowest BCUT2D eigenvalue weighted by Crippen LogP contribution is -2.09. The average Bonchev–Trinajstić information content (AvgIpc) is 2.04. The van der Waals surface area contributed by atoms with E-state index in [9.17, 15) is 4.79 Å². The Labute approximate surface area is 72.5 Å². The highest BCUT2D eigenvalue weighted by atomic mass is 16.5. The summed E-state index contributed by atoms with van der Waals surface area (Å²) in [5, 5.41) is 5.02. The minimum Gasteiger partial charge on any atom is -0.463 e. The Morgan fingerprint density at radius 1 is 1.75 bits per heavy atom. The molecular weight excluding hydrogens is 156 g/mol. The van der Waals surface area contributed by atoms with Crippen LogP contribution in [-0.2, 0) is 9.53 Å². The summed E-state index contributed by atoms with van der Waals surface area (Å²) >= 11 is 0. The monoisotopic (exact) mass is 170 g/mol. The topological polar surface area (TPSA) is 41.9 Å². The van der Waals surface area contributed by atoms with Gasteiger partial charge in [0.15, 0.2) is 0 Å². The average molecular weight is 170 g/mol. The predicted octanol–water partition coefficient (Wildman–Crippen LogP) is 1.00. The first-order chi connectivity index (χ1) is 5.61. The Morgan fingerprint density at radius 2 is 2.33 bits per heavy atom. The second kappa shape index (κ2) is 5.35. The Balaban J connectivity index is 4.16. The molecule has 12 heavy (non-hydrogen) atoms. The van der Waals surface area contributed by atoms with Crippen molar-refractivity contribution in [3.63, 3.8) is 0 Å². The lowest BCUT2D eigenvalue weighted by Gasteiger charge is -2.07. The molecule has 0 saturated carbocycles. The van der Waals surface area contributed by atoms with Crippen molar-refractivity contribution >= 4 is 12.7 Å². The molecule has 0 bridgehead atoms. The van der Waals surface area contributed by atoms with E-state index in [2.05, 4.69) is 11.8 Å². The van der Waals surface area contributed by atoms with Crippen LogP contribution in [0.3, 0.4) is 0 Å². The number of hydrogen-bond donors (Lipinski definition) is 0. The summed E-state index contributed by atoms with van der Waals surface area (Å²) in [4.78, 5) is 11.0. The van der Waals surface area contributed by atoms with Gasteiger partial charge in [0.05, 0.1) is 12.2 Å². The van der Waals surface area contributed by atoms with E-state index in [0.717, 1.165) is 0 Å². The summed E-state index contributed by atoms with van der Waals surface area (Å²) in [5.41, 5.74) is 0.506. The van der Waals surface area contributed by atoms with E-state index in [1.165, 1.54) is 5.01 Å². The zero-order valence-corrected chi connectivity index (χ0v) is 7.70. The number of rotatable bonds is 4. The largest absolute Gasteiger partial charge is 0.463 e. The molecule has 0 atom stereocenters. The molecule has 0 unspecified atom stereocenters. The summed E-state index contributed by atoms with van der Waals surface area (Å²) in [6.07, 6.45) is 1.56. The number of hydrazone groups is 1. The smallest absolute Gasteiger partial charge is 0.335 e. The number of nitrogens with zero attached hydrogens (tertiary/aromatic N) is 2. The van der Waals surface area contributed by atoms with Crippen molar-refractivity contribution in [2.45, 2.75) is 13.8 Å². The fourth-order valence-corrected chi connectivity index (χ4v) is 0.619. The minimum atomic E-state index is -0.326. The Morgan fingerprint density at radius 3 is 2.75 bits per heavy atom. The van der Waals surface area contributed by atoms with Crippen LogP contribution < -0.4 is 0 Å². The molecule has 0 aromatic carbocycles. The van der Waals surface area contributed by atoms with Gasteiger partial charge in [0, 0.05) is 20.0 Å². The van der Waals surface area contributed by atoms with Crippen LogP contribution in [0.4, 0.5) is 0 Å². The van der Waals surface area contributed by atoms with Gasteiger partial charge in [-0.25, -0.2) is 4.79 Å². The number of ether oxygens (including phenoxy) is 1. The van der Waals surface area contributed by atoms with Gasteiger partial charge in [0.2, 0.25) is 0 Å². The third-order valence-electron chi connectivity index (χ3n) is 1.20. The molecule has 4 nitrogen and oxygen atoms in total. The first kappa shape index (κ1) is 10.7. The van der Waals surface area contributed by atoms with Gasteiger partial charge in [0.1, 0.15) is 0 Å². The first-order valence-corrected chi connectivity index (χ1v) is 3.66. The van der Waals surface area contributed by atoms with Gasteiger partial charge in [-0.3, -0.25) is 5.01 Å². The molecule has 0 aromatic rings. The van der Waals surface area contributed by atoms with Crippen molar-refractivity contribution in [2.75, 3.05) is 13.7 Å². The van der Waals surface area contributed by atoms with Crippen LogP contribution in [0.5, 0.6) is 0 Å². The fraction of sp³-hybridized carbons (Fsp3) is 0.500. The van der Waals surface area contributed by atoms with Crippen LogP contribution in [0.2, 0.25) is 0 Å². The van der Waals surface area contributed by atoms with Gasteiger partial charge in [0.25, 0.3) is 0 Å². The Bertz CT molecular complexity index is 199. The minimum absolute atomic E-state index is 0.326. The highest BCUT2D eigenvalue weighted by Crippen LogP contribution is 1.98.